The molecular weight excluding hydrogens is 479 g/mol. The number of rotatable bonds is 6. The zero-order chi connectivity index (χ0) is 25.4. The number of nitrogens with zero attached hydrogens (tertiary/aromatic N) is 2. The van der Waals surface area contributed by atoms with E-state index < -0.39 is 35.2 Å². The number of hydrogen-bond acceptors (Lipinski definition) is 7. The second-order valence-electron chi connectivity index (χ2n) is 8.27. The molecule has 2 aromatic heterocycles. The van der Waals surface area contributed by atoms with E-state index in [1.54, 1.807) is 30.3 Å². The van der Waals surface area contributed by atoms with Crippen molar-refractivity contribution in [1.29, 1.82) is 0 Å². The number of halogens is 3. The predicted octanol–water partition coefficient (Wildman–Crippen LogP) is 3.92. The number of aliphatic hydroxyl groups excluding tert-OH is 2. The number of aliphatic hydroxyl groups is 2. The second kappa shape index (κ2) is 9.25. The van der Waals surface area contributed by atoms with Crippen LogP contribution in [0.4, 0.5) is 13.2 Å². The quantitative estimate of drug-likeness (QED) is 0.368. The molecule has 1 amide bonds. The largest absolute Gasteiger partial charge is 0.422 e. The molecule has 0 saturated heterocycles. The van der Waals surface area contributed by atoms with E-state index in [-0.39, 0.29) is 24.5 Å². The monoisotopic (exact) mass is 499 g/mol. The summed E-state index contributed by atoms with van der Waals surface area (Å²) < 4.78 is 52.9. The van der Waals surface area contributed by atoms with Crippen molar-refractivity contribution >= 4 is 5.91 Å². The number of carbonyl (C=O) groups is 1. The summed E-state index contributed by atoms with van der Waals surface area (Å²) in [6.45, 7) is -0.242. The van der Waals surface area contributed by atoms with Gasteiger partial charge in [0, 0.05) is 23.2 Å². The number of benzene rings is 2. The van der Waals surface area contributed by atoms with Crippen LogP contribution in [0.5, 0.6) is 0 Å². The normalized spacial score (nSPS) is 13.7. The van der Waals surface area contributed by atoms with Crippen molar-refractivity contribution in [3.63, 3.8) is 0 Å². The molecule has 11 heteroatoms. The first-order valence-electron chi connectivity index (χ1n) is 11.1. The van der Waals surface area contributed by atoms with E-state index >= 15 is 0 Å². The fourth-order valence-electron chi connectivity index (χ4n) is 4.34. The van der Waals surface area contributed by atoms with E-state index in [4.69, 9.17) is 14.2 Å². The van der Waals surface area contributed by atoms with Crippen LogP contribution in [-0.2, 0) is 23.8 Å². The topological polar surface area (TPSA) is 122 Å². The Morgan fingerprint density at radius 1 is 1.03 bits per heavy atom. The Labute approximate surface area is 202 Å². The van der Waals surface area contributed by atoms with E-state index in [1.807, 2.05) is 0 Å². The van der Waals surface area contributed by atoms with Crippen LogP contribution >= 0.6 is 0 Å². The maximum atomic E-state index is 14.1. The highest BCUT2D eigenvalue weighted by Crippen LogP contribution is 2.46. The number of nitrogens with one attached hydrogen (secondary N) is 1. The van der Waals surface area contributed by atoms with Gasteiger partial charge in [-0.25, -0.2) is 0 Å². The van der Waals surface area contributed by atoms with Crippen LogP contribution in [0.25, 0.3) is 34.0 Å². The Morgan fingerprint density at radius 2 is 1.75 bits per heavy atom. The third-order valence-electron chi connectivity index (χ3n) is 6.02. The molecule has 1 atom stereocenters. The van der Waals surface area contributed by atoms with Crippen LogP contribution in [-0.4, -0.2) is 39.6 Å². The van der Waals surface area contributed by atoms with Crippen molar-refractivity contribution in [1.82, 2.24) is 15.6 Å². The van der Waals surface area contributed by atoms with Gasteiger partial charge in [-0.15, -0.1) is 0 Å². The van der Waals surface area contributed by atoms with Crippen LogP contribution < -0.4 is 5.32 Å². The van der Waals surface area contributed by atoms with Crippen molar-refractivity contribution < 1.29 is 37.2 Å². The molecule has 5 rings (SSSR count). The molecule has 186 valence electrons. The van der Waals surface area contributed by atoms with Crippen LogP contribution in [0.1, 0.15) is 28.4 Å². The van der Waals surface area contributed by atoms with Crippen LogP contribution in [0.15, 0.2) is 57.6 Å². The molecule has 3 N–H and O–H groups in total. The number of alkyl halides is 3. The average molecular weight is 499 g/mol. The maximum Gasteiger partial charge on any atom is 0.422 e. The summed E-state index contributed by atoms with van der Waals surface area (Å²) in [7, 11) is 0. The van der Waals surface area contributed by atoms with Gasteiger partial charge in [-0.2, -0.15) is 13.2 Å². The molecule has 0 bridgehead atoms. The van der Waals surface area contributed by atoms with Crippen molar-refractivity contribution in [3.8, 4) is 34.0 Å². The number of carbonyl (C=O) groups excluding carboxylic acids is 1. The standard InChI is InChI=1S/C25H20F3N3O5/c26-25(27,28)18-20(31-35-22(18)13-4-2-1-3-5-13)23-17-9-6-14-12-15(21(33)24(34)29-10-11-32)7-8-16(14)19(17)30-36-23/h1-5,7-8,12,21,32-33H,6,9-11H2,(H,29,34)/t21-/m0/s1. The molecule has 1 aliphatic carbocycles. The van der Waals surface area contributed by atoms with E-state index in [9.17, 15) is 23.1 Å². The Hall–Kier alpha value is -3.96. The highest BCUT2D eigenvalue weighted by atomic mass is 19.4. The maximum absolute atomic E-state index is 14.1. The SMILES string of the molecule is O=C(NCCO)[C@@H](O)c1ccc2c(c1)CCc1c-2noc1-c1noc(-c2ccccc2)c1C(F)(F)F. The van der Waals surface area contributed by atoms with E-state index in [0.717, 1.165) is 5.56 Å². The van der Waals surface area contributed by atoms with Gasteiger partial charge in [-0.3, -0.25) is 4.79 Å². The Bertz CT molecular complexity index is 1410. The zero-order valence-electron chi connectivity index (χ0n) is 18.7. The number of amides is 1. The van der Waals surface area contributed by atoms with E-state index in [1.165, 1.54) is 18.2 Å². The average Bonchev–Trinajstić information content (AvgIpc) is 3.51. The van der Waals surface area contributed by atoms with Crippen molar-refractivity contribution in [2.24, 2.45) is 0 Å². The molecule has 0 spiro atoms. The molecule has 1 aliphatic rings. The van der Waals surface area contributed by atoms with Crippen molar-refractivity contribution in [2.45, 2.75) is 25.1 Å². The van der Waals surface area contributed by atoms with Gasteiger partial charge in [0.05, 0.1) is 6.61 Å². The molecular formula is C25H20F3N3O5. The number of aromatic nitrogens is 2. The van der Waals surface area contributed by atoms with E-state index in [2.05, 4.69) is 15.6 Å². The number of fused-ring (bicyclic) bond motifs is 3. The molecule has 0 saturated carbocycles. The molecule has 0 unspecified atom stereocenters. The zero-order valence-corrected chi connectivity index (χ0v) is 18.7. The summed E-state index contributed by atoms with van der Waals surface area (Å²) in [6.07, 6.45) is -5.46. The van der Waals surface area contributed by atoms with Gasteiger partial charge in [-0.1, -0.05) is 58.8 Å². The lowest BCUT2D eigenvalue weighted by Gasteiger charge is -2.18. The molecule has 0 radical (unpaired) electrons. The summed E-state index contributed by atoms with van der Waals surface area (Å²) in [5.74, 6) is -1.16. The first-order chi connectivity index (χ1) is 17.3. The lowest BCUT2D eigenvalue weighted by Crippen LogP contribution is -2.31. The third kappa shape index (κ3) is 4.16. The van der Waals surface area contributed by atoms with Gasteiger partial charge in [0.1, 0.15) is 11.3 Å². The number of aryl methyl sites for hydroxylation is 1. The summed E-state index contributed by atoms with van der Waals surface area (Å²) >= 11 is 0. The molecule has 2 aromatic carbocycles. The van der Waals surface area contributed by atoms with E-state index in [0.29, 0.717) is 35.2 Å². The Morgan fingerprint density at radius 3 is 2.47 bits per heavy atom. The smallest absolute Gasteiger partial charge is 0.395 e. The highest BCUT2D eigenvalue weighted by Gasteiger charge is 2.43. The lowest BCUT2D eigenvalue weighted by molar-refractivity contribution is -0.137. The Kier molecular flexibility index (Phi) is 6.10. The van der Waals surface area contributed by atoms with Crippen LogP contribution in [0.3, 0.4) is 0 Å². The molecule has 0 aliphatic heterocycles. The summed E-state index contributed by atoms with van der Waals surface area (Å²) in [5, 5.41) is 29.3. The van der Waals surface area contributed by atoms with Crippen LogP contribution in [0, 0.1) is 0 Å². The minimum Gasteiger partial charge on any atom is -0.395 e. The van der Waals surface area contributed by atoms with Crippen molar-refractivity contribution in [2.75, 3.05) is 13.2 Å². The molecule has 2 heterocycles. The minimum atomic E-state index is -4.76. The highest BCUT2D eigenvalue weighted by molar-refractivity contribution is 5.83. The molecule has 8 nitrogen and oxygen atoms in total. The van der Waals surface area contributed by atoms with Crippen molar-refractivity contribution in [3.05, 3.63) is 70.8 Å². The van der Waals surface area contributed by atoms with Gasteiger partial charge < -0.3 is 24.6 Å². The fourth-order valence-corrected chi connectivity index (χ4v) is 4.34. The van der Waals surface area contributed by atoms with Gasteiger partial charge in [0.15, 0.2) is 23.3 Å². The van der Waals surface area contributed by atoms with Gasteiger partial charge in [0.25, 0.3) is 5.91 Å². The molecule has 4 aromatic rings. The number of hydrogen-bond donors (Lipinski definition) is 3. The van der Waals surface area contributed by atoms with Gasteiger partial charge in [0.2, 0.25) is 0 Å². The predicted molar refractivity (Wildman–Crippen MR) is 120 cm³/mol. The lowest BCUT2D eigenvalue weighted by atomic mass is 9.86. The fraction of sp³-hybridized carbons (Fsp3) is 0.240. The van der Waals surface area contributed by atoms with Gasteiger partial charge in [-0.05, 0) is 24.0 Å². The summed E-state index contributed by atoms with van der Waals surface area (Å²) in [5.41, 5.74) is 1.30. The molecule has 0 fully saturated rings. The first-order valence-corrected chi connectivity index (χ1v) is 11.1. The summed E-state index contributed by atoms with van der Waals surface area (Å²) in [6, 6.07) is 12.7. The minimum absolute atomic E-state index is 0.0137. The van der Waals surface area contributed by atoms with Gasteiger partial charge >= 0.3 is 6.18 Å². The van der Waals surface area contributed by atoms with Crippen LogP contribution in [0.2, 0.25) is 0 Å². The second-order valence-corrected chi connectivity index (χ2v) is 8.27. The summed E-state index contributed by atoms with van der Waals surface area (Å²) in [4.78, 5) is 12.0. The Balaban J connectivity index is 1.53. The first kappa shape index (κ1) is 23.8. The third-order valence-corrected chi connectivity index (χ3v) is 6.02. The molecule has 36 heavy (non-hydrogen) atoms.